The first kappa shape index (κ1) is 13.7. The quantitative estimate of drug-likeness (QED) is 0.924. The highest BCUT2D eigenvalue weighted by Gasteiger charge is 2.29. The second kappa shape index (κ2) is 5.27. The molecule has 0 radical (unpaired) electrons. The predicted octanol–water partition coefficient (Wildman–Crippen LogP) is 1.51. The van der Waals surface area contributed by atoms with Gasteiger partial charge in [0.05, 0.1) is 0 Å². The zero-order valence-corrected chi connectivity index (χ0v) is 12.2. The predicted molar refractivity (Wildman–Crippen MR) is 79.2 cm³/mol. The molecule has 21 heavy (non-hydrogen) atoms. The van der Waals surface area contributed by atoms with Gasteiger partial charge in [-0.05, 0) is 30.9 Å². The van der Waals surface area contributed by atoms with Gasteiger partial charge in [-0.25, -0.2) is 9.97 Å². The summed E-state index contributed by atoms with van der Waals surface area (Å²) in [4.78, 5) is 33.2. The molecular formula is C15H18N4O2. The lowest BCUT2D eigenvalue weighted by Gasteiger charge is -2.11. The van der Waals surface area contributed by atoms with E-state index in [1.54, 1.807) is 22.9 Å². The molecule has 1 fully saturated rings. The summed E-state index contributed by atoms with van der Waals surface area (Å²) in [6.07, 6.45) is 3.53. The molecule has 0 atom stereocenters. The fraction of sp³-hybridized carbons (Fsp3) is 0.467. The molecule has 1 N–H and O–H groups in total. The Morgan fingerprint density at radius 2 is 2.24 bits per heavy atom. The monoisotopic (exact) mass is 286 g/mol. The second-order valence-electron chi connectivity index (χ2n) is 5.82. The van der Waals surface area contributed by atoms with E-state index in [-0.39, 0.29) is 17.3 Å². The minimum Gasteiger partial charge on any atom is -0.350 e. The van der Waals surface area contributed by atoms with Crippen LogP contribution in [-0.2, 0) is 0 Å². The third-order valence-corrected chi connectivity index (χ3v) is 3.45. The molecular weight excluding hydrogens is 268 g/mol. The molecule has 0 bridgehead atoms. The maximum absolute atomic E-state index is 12.6. The Morgan fingerprint density at radius 1 is 1.48 bits per heavy atom. The van der Waals surface area contributed by atoms with Crippen LogP contribution in [0.25, 0.3) is 11.2 Å². The number of nitrogens with zero attached hydrogens (tertiary/aromatic N) is 3. The third kappa shape index (κ3) is 2.66. The SMILES string of the molecule is CC(C)CNC(=O)c1nc2cccnc2n(C2CC2)c1=O. The molecule has 3 rings (SSSR count). The first-order chi connectivity index (χ1) is 10.1. The average molecular weight is 286 g/mol. The highest BCUT2D eigenvalue weighted by atomic mass is 16.2. The summed E-state index contributed by atoms with van der Waals surface area (Å²) in [5.74, 6) is -0.0874. The molecule has 0 unspecified atom stereocenters. The molecule has 6 heteroatoms. The molecule has 1 saturated carbocycles. The van der Waals surface area contributed by atoms with Crippen molar-refractivity contribution in [2.75, 3.05) is 6.54 Å². The molecule has 1 aliphatic rings. The van der Waals surface area contributed by atoms with Crippen molar-refractivity contribution in [1.29, 1.82) is 0 Å². The van der Waals surface area contributed by atoms with Crippen LogP contribution in [-0.4, -0.2) is 27.0 Å². The largest absolute Gasteiger partial charge is 0.350 e. The molecule has 2 heterocycles. The van der Waals surface area contributed by atoms with Crippen molar-refractivity contribution in [3.63, 3.8) is 0 Å². The number of nitrogens with one attached hydrogen (secondary N) is 1. The minimum absolute atomic E-state index is 0.0388. The van der Waals surface area contributed by atoms with E-state index in [1.165, 1.54) is 0 Å². The molecule has 2 aromatic rings. The van der Waals surface area contributed by atoms with Gasteiger partial charge in [-0.3, -0.25) is 14.2 Å². The van der Waals surface area contributed by atoms with Gasteiger partial charge < -0.3 is 5.32 Å². The van der Waals surface area contributed by atoms with Crippen LogP contribution >= 0.6 is 0 Å². The van der Waals surface area contributed by atoms with E-state index < -0.39 is 5.91 Å². The van der Waals surface area contributed by atoms with Crippen LogP contribution in [0.1, 0.15) is 43.2 Å². The van der Waals surface area contributed by atoms with Crippen LogP contribution in [0, 0.1) is 5.92 Å². The van der Waals surface area contributed by atoms with Gasteiger partial charge in [0.2, 0.25) is 0 Å². The van der Waals surface area contributed by atoms with E-state index >= 15 is 0 Å². The lowest BCUT2D eigenvalue weighted by molar-refractivity contribution is 0.0942. The lowest BCUT2D eigenvalue weighted by Crippen LogP contribution is -2.36. The van der Waals surface area contributed by atoms with Gasteiger partial charge >= 0.3 is 0 Å². The first-order valence-corrected chi connectivity index (χ1v) is 7.23. The van der Waals surface area contributed by atoms with Crippen molar-refractivity contribution < 1.29 is 4.79 Å². The van der Waals surface area contributed by atoms with Gasteiger partial charge in [0, 0.05) is 18.8 Å². The van der Waals surface area contributed by atoms with E-state index in [0.29, 0.717) is 23.6 Å². The number of carbonyl (C=O) groups excluding carboxylic acids is 1. The maximum atomic E-state index is 12.6. The van der Waals surface area contributed by atoms with Crippen LogP contribution in [0.15, 0.2) is 23.1 Å². The van der Waals surface area contributed by atoms with E-state index in [9.17, 15) is 9.59 Å². The summed E-state index contributed by atoms with van der Waals surface area (Å²) in [5, 5.41) is 2.76. The van der Waals surface area contributed by atoms with Gasteiger partial charge in [-0.15, -0.1) is 0 Å². The Balaban J connectivity index is 2.09. The van der Waals surface area contributed by atoms with Crippen LogP contribution in [0.4, 0.5) is 0 Å². The Bertz CT molecular complexity index is 747. The van der Waals surface area contributed by atoms with Gasteiger partial charge in [0.15, 0.2) is 11.3 Å². The normalized spacial score (nSPS) is 14.6. The lowest BCUT2D eigenvalue weighted by atomic mass is 10.2. The highest BCUT2D eigenvalue weighted by Crippen LogP contribution is 2.35. The molecule has 1 aliphatic carbocycles. The Kier molecular flexibility index (Phi) is 3.45. The summed E-state index contributed by atoms with van der Waals surface area (Å²) in [7, 11) is 0. The van der Waals surface area contributed by atoms with E-state index in [1.807, 2.05) is 13.8 Å². The van der Waals surface area contributed by atoms with Gasteiger partial charge in [0.25, 0.3) is 11.5 Å². The maximum Gasteiger partial charge on any atom is 0.284 e. The van der Waals surface area contributed by atoms with Gasteiger partial charge in [-0.1, -0.05) is 13.8 Å². The molecule has 6 nitrogen and oxygen atoms in total. The Labute approximate surface area is 122 Å². The van der Waals surface area contributed by atoms with E-state index in [4.69, 9.17) is 0 Å². The van der Waals surface area contributed by atoms with Crippen molar-refractivity contribution in [3.05, 3.63) is 34.4 Å². The second-order valence-corrected chi connectivity index (χ2v) is 5.82. The van der Waals surface area contributed by atoms with Crippen molar-refractivity contribution in [2.45, 2.75) is 32.7 Å². The van der Waals surface area contributed by atoms with Crippen LogP contribution in [0.3, 0.4) is 0 Å². The molecule has 0 aromatic carbocycles. The molecule has 0 saturated heterocycles. The van der Waals surface area contributed by atoms with Gasteiger partial charge in [-0.2, -0.15) is 0 Å². The van der Waals surface area contributed by atoms with Crippen LogP contribution < -0.4 is 10.9 Å². The number of hydrogen-bond acceptors (Lipinski definition) is 4. The fourth-order valence-corrected chi connectivity index (χ4v) is 2.24. The summed E-state index contributed by atoms with van der Waals surface area (Å²) in [6, 6.07) is 3.68. The van der Waals surface area contributed by atoms with Crippen molar-refractivity contribution in [1.82, 2.24) is 19.9 Å². The van der Waals surface area contributed by atoms with Crippen LogP contribution in [0.2, 0.25) is 0 Å². The number of carbonyl (C=O) groups is 1. The third-order valence-electron chi connectivity index (χ3n) is 3.45. The number of aromatic nitrogens is 3. The standard InChI is InChI=1S/C15H18N4O2/c1-9(2)8-17-14(20)12-15(21)19(10-5-6-10)13-11(18-12)4-3-7-16-13/h3-4,7,9-10H,5-6,8H2,1-2H3,(H,17,20). The van der Waals surface area contributed by atoms with Crippen molar-refractivity contribution >= 4 is 17.1 Å². The minimum atomic E-state index is -0.408. The number of hydrogen-bond donors (Lipinski definition) is 1. The Morgan fingerprint density at radius 3 is 2.90 bits per heavy atom. The average Bonchev–Trinajstić information content (AvgIpc) is 3.28. The Hall–Kier alpha value is -2.24. The first-order valence-electron chi connectivity index (χ1n) is 7.23. The summed E-state index contributed by atoms with van der Waals surface area (Å²) < 4.78 is 1.62. The number of fused-ring (bicyclic) bond motifs is 1. The molecule has 1 amide bonds. The van der Waals surface area contributed by atoms with Gasteiger partial charge in [0.1, 0.15) is 5.52 Å². The summed E-state index contributed by atoms with van der Waals surface area (Å²) in [5.41, 5.74) is 0.761. The molecule has 0 aliphatic heterocycles. The zero-order chi connectivity index (χ0) is 15.0. The smallest absolute Gasteiger partial charge is 0.284 e. The number of pyridine rings is 1. The zero-order valence-electron chi connectivity index (χ0n) is 12.2. The van der Waals surface area contributed by atoms with Crippen LogP contribution in [0.5, 0.6) is 0 Å². The fourth-order valence-electron chi connectivity index (χ4n) is 2.24. The highest BCUT2D eigenvalue weighted by molar-refractivity contribution is 5.93. The molecule has 0 spiro atoms. The number of amides is 1. The number of rotatable bonds is 4. The van der Waals surface area contributed by atoms with Crippen molar-refractivity contribution in [3.8, 4) is 0 Å². The summed E-state index contributed by atoms with van der Waals surface area (Å²) >= 11 is 0. The van der Waals surface area contributed by atoms with Crippen molar-refractivity contribution in [2.24, 2.45) is 5.92 Å². The molecule has 2 aromatic heterocycles. The summed E-state index contributed by atoms with van der Waals surface area (Å²) in [6.45, 7) is 4.52. The topological polar surface area (TPSA) is 76.9 Å². The molecule has 110 valence electrons. The van der Waals surface area contributed by atoms with E-state index in [0.717, 1.165) is 12.8 Å². The van der Waals surface area contributed by atoms with E-state index in [2.05, 4.69) is 15.3 Å².